The number of carboxylic acids is 1. The van der Waals surface area contributed by atoms with Crippen molar-refractivity contribution in [2.75, 3.05) is 0 Å². The van der Waals surface area contributed by atoms with Crippen molar-refractivity contribution < 1.29 is 9.90 Å². The molecule has 0 aliphatic carbocycles. The molecule has 0 fully saturated rings. The molecule has 72 valence electrons. The Morgan fingerprint density at radius 1 is 1.77 bits per heavy atom. The summed E-state index contributed by atoms with van der Waals surface area (Å²) in [5.74, 6) is -1.12. The minimum atomic E-state index is -0.763. The first-order chi connectivity index (χ1) is 6.02. The molecule has 0 aliphatic heterocycles. The number of aliphatic carboxylic acids is 1. The Morgan fingerprint density at radius 3 is 2.77 bits per heavy atom. The molecule has 13 heavy (non-hydrogen) atoms. The monoisotopic (exact) mass is 182 g/mol. The van der Waals surface area contributed by atoms with Gasteiger partial charge in [0.25, 0.3) is 0 Å². The van der Waals surface area contributed by atoms with Crippen LogP contribution in [0, 0.1) is 12.8 Å². The summed E-state index contributed by atoms with van der Waals surface area (Å²) in [6.07, 6.45) is 2.29. The van der Waals surface area contributed by atoms with E-state index in [1.165, 1.54) is 0 Å². The van der Waals surface area contributed by atoms with E-state index in [0.29, 0.717) is 6.42 Å². The molecule has 1 atom stereocenters. The molecule has 1 N–H and O–H groups in total. The topological polar surface area (TPSA) is 55.1 Å². The lowest BCUT2D eigenvalue weighted by Crippen LogP contribution is -2.15. The van der Waals surface area contributed by atoms with Gasteiger partial charge in [-0.3, -0.25) is 9.48 Å². The number of aryl methyl sites for hydroxylation is 2. The fourth-order valence-electron chi connectivity index (χ4n) is 1.24. The predicted molar refractivity (Wildman–Crippen MR) is 48.4 cm³/mol. The van der Waals surface area contributed by atoms with Crippen LogP contribution in [0.15, 0.2) is 6.20 Å². The first-order valence-electron chi connectivity index (χ1n) is 4.22. The highest BCUT2D eigenvalue weighted by atomic mass is 16.4. The number of hydrogen-bond acceptors (Lipinski definition) is 2. The van der Waals surface area contributed by atoms with Crippen molar-refractivity contribution in [3.63, 3.8) is 0 Å². The van der Waals surface area contributed by atoms with Crippen LogP contribution in [0.5, 0.6) is 0 Å². The van der Waals surface area contributed by atoms with Gasteiger partial charge in [0, 0.05) is 19.2 Å². The molecule has 0 aliphatic rings. The van der Waals surface area contributed by atoms with Gasteiger partial charge >= 0.3 is 5.97 Å². The van der Waals surface area contributed by atoms with Gasteiger partial charge in [-0.25, -0.2) is 0 Å². The van der Waals surface area contributed by atoms with Gasteiger partial charge in [-0.15, -0.1) is 0 Å². The Bertz CT molecular complexity index is 298. The molecule has 0 spiro atoms. The third-order valence-electron chi connectivity index (χ3n) is 2.19. The van der Waals surface area contributed by atoms with Crippen molar-refractivity contribution in [1.82, 2.24) is 9.78 Å². The van der Waals surface area contributed by atoms with Gasteiger partial charge in [0.05, 0.1) is 12.1 Å². The van der Waals surface area contributed by atoms with E-state index in [1.807, 2.05) is 14.0 Å². The van der Waals surface area contributed by atoms with Crippen LogP contribution in [0.25, 0.3) is 0 Å². The van der Waals surface area contributed by atoms with Gasteiger partial charge < -0.3 is 5.11 Å². The standard InChI is InChI=1S/C9H14N2O2/c1-6(9(12)13)4-8-7(2)5-10-11(8)3/h5-6H,4H2,1-3H3,(H,12,13). The number of carboxylic acid groups (broad SMARTS) is 1. The van der Waals surface area contributed by atoms with Gasteiger partial charge in [0.2, 0.25) is 0 Å². The molecule has 1 unspecified atom stereocenters. The van der Waals surface area contributed by atoms with Crippen molar-refractivity contribution in [3.8, 4) is 0 Å². The van der Waals surface area contributed by atoms with Crippen LogP contribution in [0.3, 0.4) is 0 Å². The summed E-state index contributed by atoms with van der Waals surface area (Å²) >= 11 is 0. The number of nitrogens with zero attached hydrogens (tertiary/aromatic N) is 2. The quantitative estimate of drug-likeness (QED) is 0.758. The van der Waals surface area contributed by atoms with E-state index in [0.717, 1.165) is 11.3 Å². The Balaban J connectivity index is 2.79. The van der Waals surface area contributed by atoms with Crippen molar-refractivity contribution in [2.24, 2.45) is 13.0 Å². The molecule has 0 amide bonds. The normalized spacial score (nSPS) is 12.8. The Hall–Kier alpha value is -1.32. The van der Waals surface area contributed by atoms with Gasteiger partial charge in [0.1, 0.15) is 0 Å². The third-order valence-corrected chi connectivity index (χ3v) is 2.19. The molecule has 0 saturated heterocycles. The summed E-state index contributed by atoms with van der Waals surface area (Å²) < 4.78 is 1.73. The largest absolute Gasteiger partial charge is 0.481 e. The van der Waals surface area contributed by atoms with E-state index in [1.54, 1.807) is 17.8 Å². The zero-order valence-electron chi connectivity index (χ0n) is 8.11. The average Bonchev–Trinajstić information content (AvgIpc) is 2.35. The van der Waals surface area contributed by atoms with Crippen molar-refractivity contribution in [2.45, 2.75) is 20.3 Å². The highest BCUT2D eigenvalue weighted by Crippen LogP contribution is 2.11. The molecule has 0 radical (unpaired) electrons. The summed E-state index contributed by atoms with van der Waals surface area (Å²) in [4.78, 5) is 10.6. The lowest BCUT2D eigenvalue weighted by atomic mass is 10.0. The Kier molecular flexibility index (Phi) is 2.70. The van der Waals surface area contributed by atoms with Crippen LogP contribution in [-0.2, 0) is 18.3 Å². The molecule has 1 aromatic heterocycles. The second-order valence-electron chi connectivity index (χ2n) is 3.34. The summed E-state index contributed by atoms with van der Waals surface area (Å²) in [5.41, 5.74) is 2.05. The summed E-state index contributed by atoms with van der Waals surface area (Å²) in [7, 11) is 1.83. The van der Waals surface area contributed by atoms with Gasteiger partial charge in [0.15, 0.2) is 0 Å². The fraction of sp³-hybridized carbons (Fsp3) is 0.556. The zero-order valence-corrected chi connectivity index (χ0v) is 8.11. The molecule has 1 rings (SSSR count). The van der Waals surface area contributed by atoms with Gasteiger partial charge in [-0.1, -0.05) is 6.92 Å². The van der Waals surface area contributed by atoms with Crippen LogP contribution < -0.4 is 0 Å². The lowest BCUT2D eigenvalue weighted by Gasteiger charge is -2.07. The van der Waals surface area contributed by atoms with E-state index >= 15 is 0 Å². The van der Waals surface area contributed by atoms with E-state index in [9.17, 15) is 4.79 Å². The first kappa shape index (κ1) is 9.77. The van der Waals surface area contributed by atoms with Crippen LogP contribution >= 0.6 is 0 Å². The maximum absolute atomic E-state index is 10.6. The van der Waals surface area contributed by atoms with Crippen molar-refractivity contribution in [3.05, 3.63) is 17.5 Å². The van der Waals surface area contributed by atoms with Crippen LogP contribution in [0.4, 0.5) is 0 Å². The fourth-order valence-corrected chi connectivity index (χ4v) is 1.24. The molecule has 4 nitrogen and oxygen atoms in total. The Labute approximate surface area is 77.2 Å². The van der Waals surface area contributed by atoms with Crippen molar-refractivity contribution >= 4 is 5.97 Å². The number of carbonyl (C=O) groups is 1. The first-order valence-corrected chi connectivity index (χ1v) is 4.22. The zero-order chi connectivity index (χ0) is 10.0. The predicted octanol–water partition coefficient (Wildman–Crippen LogP) is 0.992. The second kappa shape index (κ2) is 3.60. The highest BCUT2D eigenvalue weighted by Gasteiger charge is 2.15. The van der Waals surface area contributed by atoms with Crippen molar-refractivity contribution in [1.29, 1.82) is 0 Å². The van der Waals surface area contributed by atoms with Crippen LogP contribution in [0.1, 0.15) is 18.2 Å². The maximum Gasteiger partial charge on any atom is 0.306 e. The lowest BCUT2D eigenvalue weighted by molar-refractivity contribution is -0.141. The van der Waals surface area contributed by atoms with Crippen LogP contribution in [-0.4, -0.2) is 20.9 Å². The van der Waals surface area contributed by atoms with E-state index in [2.05, 4.69) is 5.10 Å². The van der Waals surface area contributed by atoms with Gasteiger partial charge in [-0.2, -0.15) is 5.10 Å². The molecule has 0 aromatic carbocycles. The molecule has 0 saturated carbocycles. The molecule has 1 heterocycles. The average molecular weight is 182 g/mol. The summed E-state index contributed by atoms with van der Waals surface area (Å²) in [6.45, 7) is 3.64. The molecule has 4 heteroatoms. The van der Waals surface area contributed by atoms with E-state index < -0.39 is 5.97 Å². The van der Waals surface area contributed by atoms with E-state index in [-0.39, 0.29) is 5.92 Å². The smallest absolute Gasteiger partial charge is 0.306 e. The summed E-state index contributed by atoms with van der Waals surface area (Å²) in [5, 5.41) is 12.8. The minimum Gasteiger partial charge on any atom is -0.481 e. The van der Waals surface area contributed by atoms with E-state index in [4.69, 9.17) is 5.11 Å². The maximum atomic E-state index is 10.6. The SMILES string of the molecule is Cc1cnn(C)c1CC(C)C(=O)O. The third kappa shape index (κ3) is 2.08. The van der Waals surface area contributed by atoms with Gasteiger partial charge in [-0.05, 0) is 12.5 Å². The summed E-state index contributed by atoms with van der Waals surface area (Å²) in [6, 6.07) is 0. The van der Waals surface area contributed by atoms with Crippen LogP contribution in [0.2, 0.25) is 0 Å². The second-order valence-corrected chi connectivity index (χ2v) is 3.34. The number of aromatic nitrogens is 2. The Morgan fingerprint density at radius 2 is 2.38 bits per heavy atom. The minimum absolute atomic E-state index is 0.353. The highest BCUT2D eigenvalue weighted by molar-refractivity contribution is 5.69. The number of hydrogen-bond donors (Lipinski definition) is 1. The molecule has 1 aromatic rings. The molecular weight excluding hydrogens is 168 g/mol. The number of rotatable bonds is 3. The molecule has 0 bridgehead atoms. The molecular formula is C9H14N2O2.